The van der Waals surface area contributed by atoms with E-state index in [1.54, 1.807) is 12.1 Å². The van der Waals surface area contributed by atoms with Crippen LogP contribution >= 0.6 is 0 Å². The van der Waals surface area contributed by atoms with Gasteiger partial charge in [0.1, 0.15) is 0 Å². The zero-order chi connectivity index (χ0) is 8.27. The van der Waals surface area contributed by atoms with E-state index in [4.69, 9.17) is 0 Å². The van der Waals surface area contributed by atoms with Gasteiger partial charge >= 0.3 is 0 Å². The number of aryl methyl sites for hydroxylation is 1. The number of benzene rings is 1. The predicted octanol–water partition coefficient (Wildman–Crippen LogP) is -0.117. The van der Waals surface area contributed by atoms with Crippen molar-refractivity contribution in [2.45, 2.75) is 13.3 Å². The third kappa shape index (κ3) is 6.90. The van der Waals surface area contributed by atoms with Crippen molar-refractivity contribution < 1.29 is 75.3 Å². The molecule has 0 aromatic heterocycles. The van der Waals surface area contributed by atoms with Crippen molar-refractivity contribution in [1.82, 2.24) is 0 Å². The minimum Gasteiger partial charge on any atom is -0.552 e. The molecule has 1 aromatic rings. The Bertz CT molecular complexity index is 257. The van der Waals surface area contributed by atoms with Gasteiger partial charge in [0, 0.05) is 71.4 Å². The number of carbonyl (C=O) groups is 1. The van der Waals surface area contributed by atoms with Crippen molar-refractivity contribution in [2.75, 3.05) is 0 Å². The first-order chi connectivity index (χ1) is 5.18. The summed E-state index contributed by atoms with van der Waals surface area (Å²) < 4.78 is 0. The molecular formula is C9H7O2Y2-3. The summed E-state index contributed by atoms with van der Waals surface area (Å²) >= 11 is 0. The molecule has 0 atom stereocenters. The van der Waals surface area contributed by atoms with Crippen LogP contribution in [0.25, 0.3) is 0 Å². The molecule has 0 amide bonds. The van der Waals surface area contributed by atoms with Crippen molar-refractivity contribution >= 4 is 5.97 Å². The molecule has 13 heavy (non-hydrogen) atoms. The van der Waals surface area contributed by atoms with Gasteiger partial charge in [0.05, 0.1) is 0 Å². The van der Waals surface area contributed by atoms with Crippen LogP contribution in [-0.2, 0) is 76.6 Å². The van der Waals surface area contributed by atoms with Gasteiger partial charge in [-0.1, -0.05) is 13.3 Å². The van der Waals surface area contributed by atoms with Crippen molar-refractivity contribution in [3.05, 3.63) is 35.4 Å². The molecule has 0 N–H and O–H groups in total. The first-order valence-electron chi connectivity index (χ1n) is 3.27. The fourth-order valence-corrected chi connectivity index (χ4v) is 0.754. The second kappa shape index (κ2) is 8.23. The normalized spacial score (nSPS) is 8.08. The van der Waals surface area contributed by atoms with Gasteiger partial charge < -0.3 is 22.0 Å². The van der Waals surface area contributed by atoms with E-state index < -0.39 is 5.97 Å². The molecule has 0 saturated heterocycles. The quantitative estimate of drug-likeness (QED) is 0.712. The first kappa shape index (κ1) is 16.3. The van der Waals surface area contributed by atoms with Crippen LogP contribution in [-0.4, -0.2) is 5.97 Å². The maximum atomic E-state index is 10.1. The Hall–Kier alpha value is 0.898. The SMILES string of the molecule is Cc1[c-]cc(CC(=O)[O-])c[c-]1.[Y].[Y]. The maximum absolute atomic E-state index is 10.1. The minimum atomic E-state index is -1.07. The van der Waals surface area contributed by atoms with Crippen LogP contribution in [0.5, 0.6) is 0 Å². The van der Waals surface area contributed by atoms with Gasteiger partial charge in [-0.2, -0.15) is 0 Å². The maximum Gasteiger partial charge on any atom is 0.0239 e. The molecule has 1 aromatic carbocycles. The van der Waals surface area contributed by atoms with Crippen LogP contribution in [0.1, 0.15) is 11.1 Å². The average molecular weight is 325 g/mol. The van der Waals surface area contributed by atoms with Crippen LogP contribution in [0.4, 0.5) is 0 Å². The van der Waals surface area contributed by atoms with E-state index >= 15 is 0 Å². The summed E-state index contributed by atoms with van der Waals surface area (Å²) in [5.74, 6) is -1.07. The monoisotopic (exact) mass is 325 g/mol. The summed E-state index contributed by atoms with van der Waals surface area (Å²) in [4.78, 5) is 10.1. The van der Waals surface area contributed by atoms with E-state index in [1.807, 2.05) is 6.92 Å². The second-order valence-electron chi connectivity index (χ2n) is 2.33. The predicted molar refractivity (Wildman–Crippen MR) is 37.6 cm³/mol. The number of carboxylic acids is 1. The Labute approximate surface area is 128 Å². The number of rotatable bonds is 2. The van der Waals surface area contributed by atoms with Crippen molar-refractivity contribution in [2.24, 2.45) is 0 Å². The molecule has 0 fully saturated rings. The smallest absolute Gasteiger partial charge is 0.0239 e. The number of hydrogen-bond acceptors (Lipinski definition) is 2. The summed E-state index contributed by atoms with van der Waals surface area (Å²) in [5, 5.41) is 10.1. The first-order valence-corrected chi connectivity index (χ1v) is 3.27. The standard InChI is InChI=1S/C9H8O2.2Y/c1-7-2-4-8(5-3-7)6-9(10)11;;/h4-5H,6H2,1H3,(H,10,11);;/q-2;;/p-1. The fraction of sp³-hybridized carbons (Fsp3) is 0.222. The summed E-state index contributed by atoms with van der Waals surface area (Å²) in [6.07, 6.45) is -0.0622. The van der Waals surface area contributed by atoms with E-state index in [2.05, 4.69) is 12.1 Å². The molecule has 2 radical (unpaired) electrons. The number of carboxylic acid groups (broad SMARTS) is 1. The van der Waals surface area contributed by atoms with Gasteiger partial charge in [-0.25, -0.2) is 0 Å². The largest absolute Gasteiger partial charge is 0.552 e. The van der Waals surface area contributed by atoms with Crippen LogP contribution in [0.3, 0.4) is 0 Å². The van der Waals surface area contributed by atoms with Crippen molar-refractivity contribution in [1.29, 1.82) is 0 Å². The molecule has 2 nitrogen and oxygen atoms in total. The topological polar surface area (TPSA) is 40.1 Å². The van der Waals surface area contributed by atoms with Crippen LogP contribution < -0.4 is 5.11 Å². The van der Waals surface area contributed by atoms with E-state index in [-0.39, 0.29) is 71.8 Å². The fourth-order valence-electron chi connectivity index (χ4n) is 0.754. The molecule has 0 spiro atoms. The van der Waals surface area contributed by atoms with Gasteiger partial charge in [-0.05, 0) is 0 Å². The molecule has 0 aliphatic heterocycles. The summed E-state index contributed by atoms with van der Waals surface area (Å²) in [6, 6.07) is 9.00. The minimum absolute atomic E-state index is 0. The van der Waals surface area contributed by atoms with E-state index in [0.29, 0.717) is 5.56 Å². The van der Waals surface area contributed by atoms with E-state index in [9.17, 15) is 9.90 Å². The van der Waals surface area contributed by atoms with Gasteiger partial charge in [0.25, 0.3) is 0 Å². The molecule has 0 unspecified atom stereocenters. The molecule has 4 heteroatoms. The van der Waals surface area contributed by atoms with Crippen LogP contribution in [0.2, 0.25) is 0 Å². The van der Waals surface area contributed by atoms with Crippen LogP contribution in [0, 0.1) is 19.1 Å². The second-order valence-corrected chi connectivity index (χ2v) is 2.33. The molecule has 0 aliphatic rings. The van der Waals surface area contributed by atoms with Gasteiger partial charge in [0.2, 0.25) is 0 Å². The average Bonchev–Trinajstić information content (AvgIpc) is 1.93. The molecule has 0 aliphatic carbocycles. The molecule has 64 valence electrons. The zero-order valence-corrected chi connectivity index (χ0v) is 13.0. The molecule has 0 bridgehead atoms. The Morgan fingerprint density at radius 1 is 1.38 bits per heavy atom. The third-order valence-corrected chi connectivity index (χ3v) is 1.30. The summed E-state index contributed by atoms with van der Waals surface area (Å²) in [6.45, 7) is 1.85. The van der Waals surface area contributed by atoms with Crippen molar-refractivity contribution in [3.8, 4) is 0 Å². The Morgan fingerprint density at radius 3 is 2.23 bits per heavy atom. The summed E-state index contributed by atoms with van der Waals surface area (Å²) in [7, 11) is 0. The third-order valence-electron chi connectivity index (χ3n) is 1.30. The Morgan fingerprint density at radius 2 is 1.85 bits per heavy atom. The molecular weight excluding hydrogens is 318 g/mol. The molecule has 0 heterocycles. The van der Waals surface area contributed by atoms with E-state index in [1.165, 1.54) is 0 Å². The summed E-state index contributed by atoms with van der Waals surface area (Å²) in [5.41, 5.74) is 1.56. The van der Waals surface area contributed by atoms with Crippen molar-refractivity contribution in [3.63, 3.8) is 0 Å². The number of hydrogen-bond donors (Lipinski definition) is 0. The van der Waals surface area contributed by atoms with Gasteiger partial charge in [-0.15, -0.1) is 0 Å². The zero-order valence-electron chi connectivity index (χ0n) is 7.33. The Balaban J connectivity index is 0. The number of carbonyl (C=O) groups excluding carboxylic acids is 1. The van der Waals surface area contributed by atoms with Gasteiger partial charge in [0.15, 0.2) is 0 Å². The molecule has 0 saturated carbocycles. The Kier molecular flexibility index (Phi) is 10.3. The number of aliphatic carboxylic acids is 1. The molecule has 1 rings (SSSR count). The van der Waals surface area contributed by atoms with Crippen LogP contribution in [0.15, 0.2) is 12.1 Å². The van der Waals surface area contributed by atoms with E-state index in [0.717, 1.165) is 5.56 Å². The van der Waals surface area contributed by atoms with Gasteiger partial charge in [-0.3, -0.25) is 23.3 Å².